The number of Topliss-reactive ketones (excluding diaryl/α,β-unsaturated/α-hetero) is 1. The van der Waals surface area contributed by atoms with Crippen molar-refractivity contribution in [3.63, 3.8) is 0 Å². The second-order valence-corrected chi connectivity index (χ2v) is 7.64. The highest BCUT2D eigenvalue weighted by Gasteiger charge is 2.30. The van der Waals surface area contributed by atoms with Gasteiger partial charge in [-0.05, 0) is 55.8 Å². The first kappa shape index (κ1) is 19.2. The molecule has 5 heteroatoms. The van der Waals surface area contributed by atoms with Gasteiger partial charge in [0.15, 0.2) is 5.76 Å². The molecule has 0 spiro atoms. The van der Waals surface area contributed by atoms with Gasteiger partial charge in [-0.1, -0.05) is 51.8 Å². The van der Waals surface area contributed by atoms with Crippen molar-refractivity contribution >= 4 is 33.8 Å². The molecule has 3 aromatic carbocycles. The number of esters is 1. The minimum atomic E-state index is -0.454. The zero-order chi connectivity index (χ0) is 20.5. The Morgan fingerprint density at radius 3 is 2.59 bits per heavy atom. The second-order valence-electron chi connectivity index (χ2n) is 6.79. The smallest absolute Gasteiger partial charge is 0.343 e. The van der Waals surface area contributed by atoms with E-state index in [9.17, 15) is 9.59 Å². The summed E-state index contributed by atoms with van der Waals surface area (Å²) >= 11 is 3.47. The third-order valence-electron chi connectivity index (χ3n) is 4.68. The molecule has 0 aromatic heterocycles. The number of allylic oxidation sites excluding steroid dienone is 1. The lowest BCUT2D eigenvalue weighted by molar-refractivity contribution is 0.0733. The van der Waals surface area contributed by atoms with Crippen molar-refractivity contribution in [2.75, 3.05) is 0 Å². The number of carbonyl (C=O) groups is 2. The number of carbonyl (C=O) groups excluding carboxylic acids is 2. The first-order valence-electron chi connectivity index (χ1n) is 9.05. The molecular weight excluding hydrogens is 432 g/mol. The van der Waals surface area contributed by atoms with Gasteiger partial charge in [-0.15, -0.1) is 0 Å². The van der Waals surface area contributed by atoms with E-state index in [0.29, 0.717) is 28.2 Å². The number of ether oxygens (including phenoxy) is 2. The quantitative estimate of drug-likeness (QED) is 0.284. The van der Waals surface area contributed by atoms with Gasteiger partial charge in [-0.3, -0.25) is 4.79 Å². The molecule has 0 saturated carbocycles. The van der Waals surface area contributed by atoms with Crippen molar-refractivity contribution in [1.82, 2.24) is 0 Å². The summed E-state index contributed by atoms with van der Waals surface area (Å²) in [7, 11) is 0. The van der Waals surface area contributed by atoms with Crippen LogP contribution in [0.2, 0.25) is 0 Å². The van der Waals surface area contributed by atoms with E-state index in [0.717, 1.165) is 15.6 Å². The van der Waals surface area contributed by atoms with Gasteiger partial charge in [0.05, 0.1) is 11.1 Å². The van der Waals surface area contributed by atoms with E-state index in [4.69, 9.17) is 9.47 Å². The van der Waals surface area contributed by atoms with E-state index in [-0.39, 0.29) is 11.5 Å². The van der Waals surface area contributed by atoms with E-state index >= 15 is 0 Å². The Labute approximate surface area is 176 Å². The summed E-state index contributed by atoms with van der Waals surface area (Å²) in [6.45, 7) is 3.68. The molecule has 0 aliphatic carbocycles. The standard InChI is InChI=1S/C24H17BrO4/c1-14-6-5-8-17(12-14)24(27)29-20-11-10-18-22(26)21(28-23(18)15(20)2)13-16-7-3-4-9-19(16)25/h3-13H,1-2H3/b21-13-. The SMILES string of the molecule is Cc1cccc(C(=O)Oc2ccc3c(c2C)O/C(=C\c2ccccc2Br)C3=O)c1. The minimum absolute atomic E-state index is 0.199. The van der Waals surface area contributed by atoms with Gasteiger partial charge in [-0.25, -0.2) is 4.79 Å². The van der Waals surface area contributed by atoms with Gasteiger partial charge in [-0.2, -0.15) is 0 Å². The molecule has 3 aromatic rings. The molecule has 4 nitrogen and oxygen atoms in total. The number of fused-ring (bicyclic) bond motifs is 1. The van der Waals surface area contributed by atoms with Crippen LogP contribution in [0.4, 0.5) is 0 Å². The first-order chi connectivity index (χ1) is 13.9. The molecule has 1 aliphatic rings. The van der Waals surface area contributed by atoms with Crippen molar-refractivity contribution in [1.29, 1.82) is 0 Å². The molecule has 0 fully saturated rings. The average molecular weight is 449 g/mol. The largest absolute Gasteiger partial charge is 0.452 e. The van der Waals surface area contributed by atoms with Crippen LogP contribution in [0.15, 0.2) is 70.9 Å². The highest BCUT2D eigenvalue weighted by Crippen LogP contribution is 2.39. The molecule has 4 rings (SSSR count). The van der Waals surface area contributed by atoms with Gasteiger partial charge >= 0.3 is 5.97 Å². The first-order valence-corrected chi connectivity index (χ1v) is 9.84. The molecule has 0 unspecified atom stereocenters. The van der Waals surface area contributed by atoms with Gasteiger partial charge in [0.25, 0.3) is 0 Å². The third kappa shape index (κ3) is 3.74. The third-order valence-corrected chi connectivity index (χ3v) is 5.41. The van der Waals surface area contributed by atoms with Gasteiger partial charge in [0.2, 0.25) is 5.78 Å². The summed E-state index contributed by atoms with van der Waals surface area (Å²) in [4.78, 5) is 25.2. The Morgan fingerprint density at radius 1 is 1.03 bits per heavy atom. The maximum Gasteiger partial charge on any atom is 0.343 e. The lowest BCUT2D eigenvalue weighted by atomic mass is 10.1. The fraction of sp³-hybridized carbons (Fsp3) is 0.0833. The lowest BCUT2D eigenvalue weighted by Crippen LogP contribution is -2.09. The Kier molecular flexibility index (Phi) is 5.07. The maximum atomic E-state index is 12.7. The minimum Gasteiger partial charge on any atom is -0.452 e. The number of halogens is 1. The zero-order valence-electron chi connectivity index (χ0n) is 15.9. The van der Waals surface area contributed by atoms with Crippen LogP contribution < -0.4 is 9.47 Å². The van der Waals surface area contributed by atoms with Crippen LogP contribution in [0.25, 0.3) is 6.08 Å². The fourth-order valence-corrected chi connectivity index (χ4v) is 3.54. The summed E-state index contributed by atoms with van der Waals surface area (Å²) in [5, 5.41) is 0. The van der Waals surface area contributed by atoms with E-state index in [2.05, 4.69) is 15.9 Å². The predicted octanol–water partition coefficient (Wildman–Crippen LogP) is 5.90. The molecule has 0 bridgehead atoms. The van der Waals surface area contributed by atoms with Crippen molar-refractivity contribution in [2.45, 2.75) is 13.8 Å². The topological polar surface area (TPSA) is 52.6 Å². The number of ketones is 1. The maximum absolute atomic E-state index is 12.7. The molecule has 0 N–H and O–H groups in total. The van der Waals surface area contributed by atoms with E-state index < -0.39 is 5.97 Å². The predicted molar refractivity (Wildman–Crippen MR) is 114 cm³/mol. The lowest BCUT2D eigenvalue weighted by Gasteiger charge is -2.10. The molecule has 0 amide bonds. The number of hydrogen-bond acceptors (Lipinski definition) is 4. The molecular formula is C24H17BrO4. The van der Waals surface area contributed by atoms with Crippen molar-refractivity contribution in [3.05, 3.63) is 98.7 Å². The number of benzene rings is 3. The summed E-state index contributed by atoms with van der Waals surface area (Å²) in [6, 6.07) is 18.0. The number of aryl methyl sites for hydroxylation is 1. The molecule has 0 saturated heterocycles. The summed E-state index contributed by atoms with van der Waals surface area (Å²) < 4.78 is 12.3. The monoisotopic (exact) mass is 448 g/mol. The molecule has 144 valence electrons. The molecule has 29 heavy (non-hydrogen) atoms. The van der Waals surface area contributed by atoms with Crippen LogP contribution in [-0.4, -0.2) is 11.8 Å². The van der Waals surface area contributed by atoms with Gasteiger partial charge in [0.1, 0.15) is 11.5 Å². The fourth-order valence-electron chi connectivity index (χ4n) is 3.14. The van der Waals surface area contributed by atoms with E-state index in [1.165, 1.54) is 0 Å². The van der Waals surface area contributed by atoms with Crippen LogP contribution in [0.3, 0.4) is 0 Å². The van der Waals surface area contributed by atoms with Crippen molar-refractivity contribution < 1.29 is 19.1 Å². The Morgan fingerprint density at radius 2 is 1.83 bits per heavy atom. The average Bonchev–Trinajstić information content (AvgIpc) is 3.02. The van der Waals surface area contributed by atoms with E-state index in [1.807, 2.05) is 43.3 Å². The summed E-state index contributed by atoms with van der Waals surface area (Å²) in [5.74, 6) is 0.366. The second kappa shape index (κ2) is 7.68. The van der Waals surface area contributed by atoms with Crippen LogP contribution in [0.5, 0.6) is 11.5 Å². The Bertz CT molecular complexity index is 1180. The highest BCUT2D eigenvalue weighted by molar-refractivity contribution is 9.10. The summed E-state index contributed by atoms with van der Waals surface area (Å²) in [6.07, 6.45) is 1.70. The van der Waals surface area contributed by atoms with Crippen LogP contribution >= 0.6 is 15.9 Å². The number of hydrogen-bond donors (Lipinski definition) is 0. The zero-order valence-corrected chi connectivity index (χ0v) is 17.4. The molecule has 0 atom stereocenters. The Balaban J connectivity index is 1.63. The van der Waals surface area contributed by atoms with Crippen LogP contribution in [-0.2, 0) is 0 Å². The van der Waals surface area contributed by atoms with Crippen molar-refractivity contribution in [3.8, 4) is 11.5 Å². The molecule has 1 aliphatic heterocycles. The molecule has 0 radical (unpaired) electrons. The normalized spacial score (nSPS) is 13.9. The van der Waals surface area contributed by atoms with Crippen molar-refractivity contribution in [2.24, 2.45) is 0 Å². The van der Waals surface area contributed by atoms with E-state index in [1.54, 1.807) is 37.3 Å². The van der Waals surface area contributed by atoms with Crippen LogP contribution in [0.1, 0.15) is 37.4 Å². The number of rotatable bonds is 3. The Hall–Kier alpha value is -3.18. The summed E-state index contributed by atoms with van der Waals surface area (Å²) in [5.41, 5.74) is 3.34. The van der Waals surface area contributed by atoms with Gasteiger partial charge < -0.3 is 9.47 Å². The molecule has 1 heterocycles. The van der Waals surface area contributed by atoms with Gasteiger partial charge in [0, 0.05) is 10.0 Å². The van der Waals surface area contributed by atoms with Crippen LogP contribution in [0, 0.1) is 13.8 Å². The highest BCUT2D eigenvalue weighted by atomic mass is 79.9.